The molecule has 0 spiro atoms. The second-order valence-electron chi connectivity index (χ2n) is 4.91. The average Bonchev–Trinajstić information content (AvgIpc) is 2.84. The number of hydrogen-bond acceptors (Lipinski definition) is 2. The molecule has 2 N–H and O–H groups in total. The molecule has 1 aromatic heterocycles. The fraction of sp³-hybridized carbons (Fsp3) is 0.267. The summed E-state index contributed by atoms with van der Waals surface area (Å²) in [6.45, 7) is 0.750. The highest BCUT2D eigenvalue weighted by Crippen LogP contribution is 2.32. The fourth-order valence-electron chi connectivity index (χ4n) is 2.68. The molecule has 0 atom stereocenters. The summed E-state index contributed by atoms with van der Waals surface area (Å²) in [4.78, 5) is 14.5. The minimum Gasteiger partial charge on any atom is -0.398 e. The third-order valence-electron chi connectivity index (χ3n) is 3.69. The lowest BCUT2D eigenvalue weighted by molar-refractivity contribution is 0.0977. The van der Waals surface area contributed by atoms with Gasteiger partial charge in [-0.2, -0.15) is 0 Å². The Hall–Kier alpha value is -2.23. The van der Waals surface area contributed by atoms with Crippen LogP contribution in [0.25, 0.3) is 0 Å². The first-order valence-electron chi connectivity index (χ1n) is 6.49. The van der Waals surface area contributed by atoms with Gasteiger partial charge in [-0.3, -0.25) is 4.79 Å². The van der Waals surface area contributed by atoms with Crippen molar-refractivity contribution in [2.75, 3.05) is 17.2 Å². The van der Waals surface area contributed by atoms with Gasteiger partial charge < -0.3 is 15.2 Å². The molecule has 1 aliphatic heterocycles. The Labute approximate surface area is 112 Å². The lowest BCUT2D eigenvalue weighted by Gasteiger charge is -2.30. The lowest BCUT2D eigenvalue weighted by atomic mass is 9.99. The van der Waals surface area contributed by atoms with Gasteiger partial charge >= 0.3 is 0 Å². The van der Waals surface area contributed by atoms with Crippen molar-refractivity contribution in [2.45, 2.75) is 12.8 Å². The van der Waals surface area contributed by atoms with Crippen LogP contribution >= 0.6 is 0 Å². The van der Waals surface area contributed by atoms with E-state index in [1.165, 1.54) is 0 Å². The van der Waals surface area contributed by atoms with Gasteiger partial charge in [-0.1, -0.05) is 6.07 Å². The topological polar surface area (TPSA) is 51.3 Å². The summed E-state index contributed by atoms with van der Waals surface area (Å²) >= 11 is 0. The number of nitrogens with two attached hydrogens (primary N) is 1. The maximum absolute atomic E-state index is 12.6. The number of rotatable bonds is 1. The number of hydrogen-bond donors (Lipinski definition) is 1. The van der Waals surface area contributed by atoms with Crippen molar-refractivity contribution < 1.29 is 4.79 Å². The van der Waals surface area contributed by atoms with Crippen molar-refractivity contribution in [1.82, 2.24) is 4.57 Å². The van der Waals surface area contributed by atoms with Gasteiger partial charge in [-0.05, 0) is 42.7 Å². The number of fused-ring (bicyclic) bond motifs is 1. The van der Waals surface area contributed by atoms with Crippen LogP contribution in [0, 0.1) is 0 Å². The molecule has 0 unspecified atom stereocenters. The zero-order chi connectivity index (χ0) is 13.4. The normalized spacial score (nSPS) is 14.3. The largest absolute Gasteiger partial charge is 0.398 e. The summed E-state index contributed by atoms with van der Waals surface area (Å²) in [5, 5.41) is 0. The molecule has 1 aliphatic rings. The van der Waals surface area contributed by atoms with E-state index in [-0.39, 0.29) is 5.91 Å². The molecule has 0 radical (unpaired) electrons. The third kappa shape index (κ3) is 1.89. The van der Waals surface area contributed by atoms with Gasteiger partial charge in [0.1, 0.15) is 5.69 Å². The average molecular weight is 255 g/mol. The van der Waals surface area contributed by atoms with E-state index in [4.69, 9.17) is 5.73 Å². The van der Waals surface area contributed by atoms with Crippen LogP contribution in [0.3, 0.4) is 0 Å². The summed E-state index contributed by atoms with van der Waals surface area (Å²) in [7, 11) is 1.89. The monoisotopic (exact) mass is 255 g/mol. The molecule has 2 heterocycles. The van der Waals surface area contributed by atoms with E-state index < -0.39 is 0 Å². The zero-order valence-electron chi connectivity index (χ0n) is 11.0. The lowest BCUT2D eigenvalue weighted by Crippen LogP contribution is -2.36. The van der Waals surface area contributed by atoms with Gasteiger partial charge in [0, 0.05) is 31.2 Å². The van der Waals surface area contributed by atoms with Gasteiger partial charge in [-0.15, -0.1) is 0 Å². The predicted octanol–water partition coefficient (Wildman–Crippen LogP) is 2.20. The van der Waals surface area contributed by atoms with Crippen LogP contribution in [-0.2, 0) is 13.5 Å². The van der Waals surface area contributed by atoms with Crippen molar-refractivity contribution in [1.29, 1.82) is 0 Å². The van der Waals surface area contributed by atoms with E-state index in [1.807, 2.05) is 53.0 Å². The number of aryl methyl sites for hydroxylation is 1. The van der Waals surface area contributed by atoms with E-state index >= 15 is 0 Å². The Bertz CT molecular complexity index is 630. The van der Waals surface area contributed by atoms with E-state index in [9.17, 15) is 4.79 Å². The number of benzene rings is 1. The first-order chi connectivity index (χ1) is 9.18. The van der Waals surface area contributed by atoms with Crippen LogP contribution < -0.4 is 10.6 Å². The third-order valence-corrected chi connectivity index (χ3v) is 3.69. The molecule has 1 aromatic carbocycles. The first-order valence-corrected chi connectivity index (χ1v) is 6.49. The molecule has 3 rings (SSSR count). The van der Waals surface area contributed by atoms with Crippen molar-refractivity contribution in [3.8, 4) is 0 Å². The maximum Gasteiger partial charge on any atom is 0.274 e. The molecule has 4 nitrogen and oxygen atoms in total. The second kappa shape index (κ2) is 4.46. The van der Waals surface area contributed by atoms with Crippen LogP contribution in [0.2, 0.25) is 0 Å². The number of amides is 1. The number of anilines is 2. The molecule has 19 heavy (non-hydrogen) atoms. The van der Waals surface area contributed by atoms with Crippen LogP contribution in [0.1, 0.15) is 22.5 Å². The smallest absolute Gasteiger partial charge is 0.274 e. The molecule has 0 fully saturated rings. The Kier molecular flexibility index (Phi) is 2.78. The van der Waals surface area contributed by atoms with E-state index in [0.717, 1.165) is 36.3 Å². The second-order valence-corrected chi connectivity index (χ2v) is 4.91. The van der Waals surface area contributed by atoms with E-state index in [1.54, 1.807) is 0 Å². The summed E-state index contributed by atoms with van der Waals surface area (Å²) in [5.41, 5.74) is 9.54. The quantitative estimate of drug-likeness (QED) is 0.794. The van der Waals surface area contributed by atoms with Gasteiger partial charge in [0.05, 0.1) is 0 Å². The standard InChI is InChI=1S/C15H17N3O/c1-17-9-4-8-14(17)15(19)18-10-3-5-11-12(16)6-2-7-13(11)18/h2,4,6-9H,3,5,10,16H2,1H3. The minimum absolute atomic E-state index is 0.0408. The van der Waals surface area contributed by atoms with E-state index in [2.05, 4.69) is 0 Å². The molecule has 0 bridgehead atoms. The fourth-order valence-corrected chi connectivity index (χ4v) is 2.68. The first kappa shape index (κ1) is 11.8. The minimum atomic E-state index is 0.0408. The highest BCUT2D eigenvalue weighted by atomic mass is 16.2. The zero-order valence-corrected chi connectivity index (χ0v) is 11.0. The molecule has 4 heteroatoms. The molecular formula is C15H17N3O. The van der Waals surface area contributed by atoms with Crippen molar-refractivity contribution in [3.05, 3.63) is 47.8 Å². The number of nitrogen functional groups attached to an aromatic ring is 1. The van der Waals surface area contributed by atoms with E-state index in [0.29, 0.717) is 5.69 Å². The van der Waals surface area contributed by atoms with Crippen molar-refractivity contribution >= 4 is 17.3 Å². The number of aromatic nitrogens is 1. The van der Waals surface area contributed by atoms with Crippen molar-refractivity contribution in [2.24, 2.45) is 7.05 Å². The van der Waals surface area contributed by atoms with Gasteiger partial charge in [-0.25, -0.2) is 0 Å². The van der Waals surface area contributed by atoms with Crippen LogP contribution in [0.15, 0.2) is 36.5 Å². The van der Waals surface area contributed by atoms with Gasteiger partial charge in [0.25, 0.3) is 5.91 Å². The summed E-state index contributed by atoms with van der Waals surface area (Å²) in [6.07, 6.45) is 3.79. The highest BCUT2D eigenvalue weighted by Gasteiger charge is 2.25. The Morgan fingerprint density at radius 2 is 2.11 bits per heavy atom. The van der Waals surface area contributed by atoms with Crippen LogP contribution in [0.4, 0.5) is 11.4 Å². The summed E-state index contributed by atoms with van der Waals surface area (Å²) in [6, 6.07) is 9.52. The Balaban J connectivity index is 2.03. The Morgan fingerprint density at radius 1 is 1.26 bits per heavy atom. The highest BCUT2D eigenvalue weighted by molar-refractivity contribution is 6.06. The Morgan fingerprint density at radius 3 is 2.84 bits per heavy atom. The molecule has 0 saturated carbocycles. The van der Waals surface area contributed by atoms with Crippen LogP contribution in [-0.4, -0.2) is 17.0 Å². The number of carbonyl (C=O) groups is 1. The maximum atomic E-state index is 12.6. The number of carbonyl (C=O) groups excluding carboxylic acids is 1. The summed E-state index contributed by atoms with van der Waals surface area (Å²) in [5.74, 6) is 0.0408. The molecular weight excluding hydrogens is 238 g/mol. The van der Waals surface area contributed by atoms with Gasteiger partial charge in [0.15, 0.2) is 0 Å². The number of nitrogens with zero attached hydrogens (tertiary/aromatic N) is 2. The molecule has 98 valence electrons. The molecule has 0 aliphatic carbocycles. The predicted molar refractivity (Wildman–Crippen MR) is 76.3 cm³/mol. The van der Waals surface area contributed by atoms with Crippen LogP contribution in [0.5, 0.6) is 0 Å². The molecule has 0 saturated heterocycles. The molecule has 2 aromatic rings. The SMILES string of the molecule is Cn1cccc1C(=O)N1CCCc2c(N)cccc21. The van der Waals surface area contributed by atoms with Gasteiger partial charge in [0.2, 0.25) is 0 Å². The summed E-state index contributed by atoms with van der Waals surface area (Å²) < 4.78 is 1.85. The van der Waals surface area contributed by atoms with Crippen molar-refractivity contribution in [3.63, 3.8) is 0 Å². The molecule has 1 amide bonds.